The van der Waals surface area contributed by atoms with Gasteiger partial charge >= 0.3 is 0 Å². The predicted octanol–water partition coefficient (Wildman–Crippen LogP) is 2.88. The van der Waals surface area contributed by atoms with Crippen LogP contribution in [0.15, 0.2) is 18.2 Å². The van der Waals surface area contributed by atoms with Crippen LogP contribution in [-0.2, 0) is 12.8 Å². The van der Waals surface area contributed by atoms with E-state index < -0.39 is 0 Å². The molecule has 0 bridgehead atoms. The topological polar surface area (TPSA) is 0 Å². The van der Waals surface area contributed by atoms with Crippen molar-refractivity contribution in [1.29, 1.82) is 0 Å². The highest BCUT2D eigenvalue weighted by Crippen LogP contribution is 2.42. The summed E-state index contributed by atoms with van der Waals surface area (Å²) in [6.45, 7) is 2.22. The summed E-state index contributed by atoms with van der Waals surface area (Å²) in [7, 11) is 0. The largest absolute Gasteiger partial charge is 0.0800 e. The molecule has 0 aromatic heterocycles. The minimum absolute atomic E-state index is 1.23. The van der Waals surface area contributed by atoms with Crippen LogP contribution in [0.1, 0.15) is 28.7 Å². The molecule has 3 rings (SSSR count). The Hall–Kier alpha value is -1.04. The molecule has 0 unspecified atom stereocenters. The molecule has 0 spiro atoms. The number of hydrogen-bond acceptors (Lipinski definition) is 0. The second-order valence-corrected chi connectivity index (χ2v) is 3.84. The zero-order valence-corrected chi connectivity index (χ0v) is 7.35. The first-order valence-corrected chi connectivity index (χ1v) is 4.67. The highest BCUT2D eigenvalue weighted by molar-refractivity contribution is 5.84. The van der Waals surface area contributed by atoms with Gasteiger partial charge in [-0.05, 0) is 54.0 Å². The maximum atomic E-state index is 2.41. The van der Waals surface area contributed by atoms with E-state index in [2.05, 4.69) is 25.1 Å². The molecule has 2 aliphatic carbocycles. The van der Waals surface area contributed by atoms with Crippen LogP contribution in [0, 0.1) is 6.92 Å². The lowest BCUT2D eigenvalue weighted by Crippen LogP contribution is -2.15. The Kier molecular flexibility index (Phi) is 1.08. The highest BCUT2D eigenvalue weighted by Gasteiger charge is 2.25. The molecule has 0 heteroatoms. The van der Waals surface area contributed by atoms with E-state index in [4.69, 9.17) is 0 Å². The van der Waals surface area contributed by atoms with Gasteiger partial charge in [0.05, 0.1) is 0 Å². The minimum atomic E-state index is 1.23. The third-order valence-corrected chi connectivity index (χ3v) is 3.13. The molecular weight excluding hydrogens is 144 g/mol. The summed E-state index contributed by atoms with van der Waals surface area (Å²) < 4.78 is 0. The van der Waals surface area contributed by atoms with Crippen molar-refractivity contribution in [3.05, 3.63) is 40.5 Å². The van der Waals surface area contributed by atoms with E-state index in [0.717, 1.165) is 0 Å². The van der Waals surface area contributed by atoms with Gasteiger partial charge < -0.3 is 0 Å². The van der Waals surface area contributed by atoms with Crippen molar-refractivity contribution in [2.75, 3.05) is 0 Å². The molecule has 0 amide bonds. The predicted molar refractivity (Wildman–Crippen MR) is 51.2 cm³/mol. The Labute approximate surface area is 72.9 Å². The molecule has 0 atom stereocenters. The van der Waals surface area contributed by atoms with Gasteiger partial charge in [0.25, 0.3) is 0 Å². The Bertz CT molecular complexity index is 383. The summed E-state index contributed by atoms with van der Waals surface area (Å²) in [5.41, 5.74) is 7.88. The smallest absolute Gasteiger partial charge is 0.00140 e. The highest BCUT2D eigenvalue weighted by atomic mass is 14.3. The summed E-state index contributed by atoms with van der Waals surface area (Å²) in [5, 5.41) is 0. The molecule has 0 saturated heterocycles. The summed E-state index contributed by atoms with van der Waals surface area (Å²) in [4.78, 5) is 0. The maximum Gasteiger partial charge on any atom is -0.00140 e. The van der Waals surface area contributed by atoms with E-state index in [0.29, 0.717) is 0 Å². The Morgan fingerprint density at radius 3 is 3.08 bits per heavy atom. The van der Waals surface area contributed by atoms with E-state index >= 15 is 0 Å². The number of allylic oxidation sites excluding steroid dienone is 2. The quantitative estimate of drug-likeness (QED) is 0.542. The average Bonchev–Trinajstić information content (AvgIpc) is 2.03. The maximum absolute atomic E-state index is 2.41. The van der Waals surface area contributed by atoms with Crippen LogP contribution in [0.5, 0.6) is 0 Å². The normalized spacial score (nSPS) is 17.9. The number of aryl methyl sites for hydroxylation is 2. The number of hydrogen-bond donors (Lipinski definition) is 0. The summed E-state index contributed by atoms with van der Waals surface area (Å²) >= 11 is 0. The van der Waals surface area contributed by atoms with Crippen molar-refractivity contribution in [3.8, 4) is 0 Å². The second-order valence-electron chi connectivity index (χ2n) is 3.84. The molecule has 2 aliphatic rings. The molecule has 0 saturated carbocycles. The summed E-state index contributed by atoms with van der Waals surface area (Å²) in [5.74, 6) is 0. The SMILES string of the molecule is Cc1ccc2c3c1CC3=CCC2. The third-order valence-electron chi connectivity index (χ3n) is 3.13. The fraction of sp³-hybridized carbons (Fsp3) is 0.333. The van der Waals surface area contributed by atoms with Crippen LogP contribution in [0.2, 0.25) is 0 Å². The molecule has 0 fully saturated rings. The van der Waals surface area contributed by atoms with Crippen molar-refractivity contribution < 1.29 is 0 Å². The Morgan fingerprint density at radius 1 is 1.25 bits per heavy atom. The first-order chi connectivity index (χ1) is 5.86. The van der Waals surface area contributed by atoms with Crippen LogP contribution >= 0.6 is 0 Å². The van der Waals surface area contributed by atoms with E-state index in [1.165, 1.54) is 24.8 Å². The average molecular weight is 156 g/mol. The van der Waals surface area contributed by atoms with Gasteiger partial charge in [-0.15, -0.1) is 0 Å². The van der Waals surface area contributed by atoms with Crippen molar-refractivity contribution >= 4 is 5.57 Å². The zero-order valence-electron chi connectivity index (χ0n) is 7.35. The lowest BCUT2D eigenvalue weighted by Gasteiger charge is -2.31. The van der Waals surface area contributed by atoms with Crippen LogP contribution < -0.4 is 0 Å². The van der Waals surface area contributed by atoms with Crippen molar-refractivity contribution in [1.82, 2.24) is 0 Å². The van der Waals surface area contributed by atoms with Crippen molar-refractivity contribution in [2.45, 2.75) is 26.2 Å². The lowest BCUT2D eigenvalue weighted by molar-refractivity contribution is 0.924. The first-order valence-electron chi connectivity index (χ1n) is 4.67. The fourth-order valence-corrected chi connectivity index (χ4v) is 2.38. The van der Waals surface area contributed by atoms with Gasteiger partial charge in [-0.1, -0.05) is 18.2 Å². The summed E-state index contributed by atoms with van der Waals surface area (Å²) in [6, 6.07) is 4.58. The molecule has 0 heterocycles. The molecule has 1 aromatic rings. The standard InChI is InChI=1S/C12H12/c1-8-5-6-9-3-2-4-10-7-11(8)12(9)10/h4-6H,2-3,7H2,1H3. The fourth-order valence-electron chi connectivity index (χ4n) is 2.38. The molecule has 1 aromatic carbocycles. The molecule has 12 heavy (non-hydrogen) atoms. The van der Waals surface area contributed by atoms with Crippen LogP contribution in [-0.4, -0.2) is 0 Å². The van der Waals surface area contributed by atoms with Gasteiger partial charge in [-0.2, -0.15) is 0 Å². The van der Waals surface area contributed by atoms with E-state index in [-0.39, 0.29) is 0 Å². The molecule has 0 aliphatic heterocycles. The van der Waals surface area contributed by atoms with Gasteiger partial charge in [0.15, 0.2) is 0 Å². The molecule has 60 valence electrons. The van der Waals surface area contributed by atoms with Gasteiger partial charge in [-0.25, -0.2) is 0 Å². The molecular formula is C12H12. The van der Waals surface area contributed by atoms with Crippen LogP contribution in [0.4, 0.5) is 0 Å². The van der Waals surface area contributed by atoms with Crippen LogP contribution in [0.25, 0.3) is 5.57 Å². The number of benzene rings is 1. The Balaban J connectivity index is 2.34. The van der Waals surface area contributed by atoms with Crippen molar-refractivity contribution in [3.63, 3.8) is 0 Å². The second kappa shape index (κ2) is 2.01. The van der Waals surface area contributed by atoms with E-state index in [1.54, 1.807) is 22.3 Å². The van der Waals surface area contributed by atoms with Gasteiger partial charge in [0.2, 0.25) is 0 Å². The molecule has 0 radical (unpaired) electrons. The number of rotatable bonds is 0. The van der Waals surface area contributed by atoms with E-state index in [1.807, 2.05) is 0 Å². The van der Waals surface area contributed by atoms with Gasteiger partial charge in [-0.3, -0.25) is 0 Å². The molecule has 0 N–H and O–H groups in total. The minimum Gasteiger partial charge on any atom is -0.0800 e. The third kappa shape index (κ3) is 0.632. The lowest BCUT2D eigenvalue weighted by atomic mass is 9.73. The van der Waals surface area contributed by atoms with E-state index in [9.17, 15) is 0 Å². The first kappa shape index (κ1) is 6.47. The van der Waals surface area contributed by atoms with Crippen LogP contribution in [0.3, 0.4) is 0 Å². The monoisotopic (exact) mass is 156 g/mol. The summed E-state index contributed by atoms with van der Waals surface area (Å²) in [6.07, 6.45) is 6.15. The van der Waals surface area contributed by atoms with Gasteiger partial charge in [0.1, 0.15) is 0 Å². The molecule has 0 nitrogen and oxygen atoms in total. The van der Waals surface area contributed by atoms with Crippen molar-refractivity contribution in [2.24, 2.45) is 0 Å². The Morgan fingerprint density at radius 2 is 2.17 bits per heavy atom. The van der Waals surface area contributed by atoms with Gasteiger partial charge in [0, 0.05) is 0 Å². The zero-order chi connectivity index (χ0) is 8.13.